The molecule has 0 atom stereocenters. The van der Waals surface area contributed by atoms with E-state index >= 15 is 0 Å². The van der Waals surface area contributed by atoms with Crippen LogP contribution in [0.25, 0.3) is 22.4 Å². The molecule has 0 aliphatic rings. The van der Waals surface area contributed by atoms with Gasteiger partial charge in [-0.1, -0.05) is 24.3 Å². The highest BCUT2D eigenvalue weighted by atomic mass is 16.2. The molecule has 0 aliphatic carbocycles. The van der Waals surface area contributed by atoms with E-state index in [1.54, 1.807) is 18.2 Å². The van der Waals surface area contributed by atoms with E-state index in [2.05, 4.69) is 20.4 Å². The highest BCUT2D eigenvalue weighted by Gasteiger charge is 2.09. The molecule has 8 heteroatoms. The van der Waals surface area contributed by atoms with E-state index in [-0.39, 0.29) is 6.54 Å². The Bertz CT molecular complexity index is 1220. The van der Waals surface area contributed by atoms with Crippen LogP contribution in [0.2, 0.25) is 0 Å². The van der Waals surface area contributed by atoms with Crippen molar-refractivity contribution in [1.29, 1.82) is 0 Å². The lowest BCUT2D eigenvalue weighted by Crippen LogP contribution is -2.32. The van der Waals surface area contributed by atoms with E-state index in [0.717, 1.165) is 33.4 Å². The maximum absolute atomic E-state index is 12.2. The summed E-state index contributed by atoms with van der Waals surface area (Å²) in [7, 11) is 0. The molecule has 134 valence electrons. The number of carbonyl (C=O) groups excluding carboxylic acids is 1. The Balaban J connectivity index is 1.55. The first-order valence-electron chi connectivity index (χ1n) is 8.24. The molecule has 8 nitrogen and oxygen atoms in total. The molecule has 2 heterocycles. The molecule has 0 aliphatic heterocycles. The van der Waals surface area contributed by atoms with Crippen molar-refractivity contribution < 1.29 is 4.79 Å². The molecule has 3 N–H and O–H groups in total. The van der Waals surface area contributed by atoms with Crippen LogP contribution in [0.15, 0.2) is 70.3 Å². The van der Waals surface area contributed by atoms with Crippen molar-refractivity contribution in [2.75, 3.05) is 5.32 Å². The van der Waals surface area contributed by atoms with Crippen molar-refractivity contribution in [2.45, 2.75) is 6.54 Å². The summed E-state index contributed by atoms with van der Waals surface area (Å²) in [5.74, 6) is 0.261. The Morgan fingerprint density at radius 3 is 2.74 bits per heavy atom. The number of aromatic nitrogens is 4. The number of rotatable bonds is 4. The number of hydrogen-bond donors (Lipinski definition) is 3. The van der Waals surface area contributed by atoms with Crippen molar-refractivity contribution in [3.63, 3.8) is 0 Å². The van der Waals surface area contributed by atoms with E-state index in [0.29, 0.717) is 11.5 Å². The van der Waals surface area contributed by atoms with E-state index in [4.69, 9.17) is 0 Å². The number of para-hydroxylation sites is 2. The van der Waals surface area contributed by atoms with Gasteiger partial charge in [0.15, 0.2) is 0 Å². The fourth-order valence-electron chi connectivity index (χ4n) is 2.76. The van der Waals surface area contributed by atoms with Gasteiger partial charge in [-0.2, -0.15) is 0 Å². The van der Waals surface area contributed by atoms with Gasteiger partial charge in [0.2, 0.25) is 5.91 Å². The molecule has 27 heavy (non-hydrogen) atoms. The minimum absolute atomic E-state index is 0.288. The summed E-state index contributed by atoms with van der Waals surface area (Å²) in [6, 6.07) is 17.1. The molecule has 0 spiro atoms. The number of hydrogen-bond acceptors (Lipinski definition) is 4. The van der Waals surface area contributed by atoms with Gasteiger partial charge in [0.05, 0.1) is 11.0 Å². The number of nitrogens with zero attached hydrogens (tertiary/aromatic N) is 2. The Morgan fingerprint density at radius 2 is 1.89 bits per heavy atom. The molecule has 2 aromatic carbocycles. The van der Waals surface area contributed by atoms with Crippen LogP contribution < -0.4 is 16.4 Å². The Labute approximate surface area is 152 Å². The summed E-state index contributed by atoms with van der Waals surface area (Å²) in [4.78, 5) is 43.0. The third-order valence-electron chi connectivity index (χ3n) is 4.00. The fraction of sp³-hybridized carbons (Fsp3) is 0.0526. The lowest BCUT2D eigenvalue weighted by molar-refractivity contribution is -0.117. The highest BCUT2D eigenvalue weighted by molar-refractivity contribution is 5.91. The first kappa shape index (κ1) is 16.5. The van der Waals surface area contributed by atoms with E-state index in [1.165, 1.54) is 0 Å². The molecule has 2 aromatic heterocycles. The van der Waals surface area contributed by atoms with Crippen molar-refractivity contribution in [1.82, 2.24) is 19.7 Å². The number of H-pyrrole nitrogens is 2. The Morgan fingerprint density at radius 1 is 1.04 bits per heavy atom. The number of carbonyl (C=O) groups is 1. The minimum Gasteiger partial charge on any atom is -0.338 e. The van der Waals surface area contributed by atoms with Crippen molar-refractivity contribution in [3.05, 3.63) is 81.4 Å². The van der Waals surface area contributed by atoms with E-state index in [1.807, 2.05) is 30.3 Å². The van der Waals surface area contributed by atoms with Crippen LogP contribution in [-0.4, -0.2) is 25.7 Å². The molecule has 0 saturated carbocycles. The topological polar surface area (TPSA) is 113 Å². The molecular formula is C19H15N5O3. The van der Waals surface area contributed by atoms with Crippen LogP contribution in [0.4, 0.5) is 5.69 Å². The van der Waals surface area contributed by atoms with Crippen molar-refractivity contribution in [2.24, 2.45) is 0 Å². The molecule has 0 radical (unpaired) electrons. The maximum Gasteiger partial charge on any atom is 0.265 e. The fourth-order valence-corrected chi connectivity index (χ4v) is 2.76. The van der Waals surface area contributed by atoms with Crippen molar-refractivity contribution in [3.8, 4) is 11.4 Å². The van der Waals surface area contributed by atoms with Crippen LogP contribution in [0.1, 0.15) is 0 Å². The van der Waals surface area contributed by atoms with Crippen LogP contribution >= 0.6 is 0 Å². The van der Waals surface area contributed by atoms with Crippen LogP contribution in [0.3, 0.4) is 0 Å². The van der Waals surface area contributed by atoms with Crippen molar-refractivity contribution >= 4 is 22.6 Å². The van der Waals surface area contributed by atoms with Gasteiger partial charge in [0.1, 0.15) is 12.4 Å². The summed E-state index contributed by atoms with van der Waals surface area (Å²) in [6.45, 7) is -0.288. The van der Waals surface area contributed by atoms with Gasteiger partial charge in [-0.3, -0.25) is 19.5 Å². The maximum atomic E-state index is 12.2. The summed E-state index contributed by atoms with van der Waals surface area (Å²) in [5.41, 5.74) is 2.25. The SMILES string of the molecule is O=C(Cn1[nH]c(=O)ccc1=O)Nc1cccc(-c2nc3ccccc3[nH]2)c1. The lowest BCUT2D eigenvalue weighted by Gasteiger charge is -2.08. The number of aromatic amines is 2. The summed E-state index contributed by atoms with van der Waals surface area (Å²) in [6.07, 6.45) is 0. The molecular weight excluding hydrogens is 346 g/mol. The third kappa shape index (κ3) is 3.54. The molecule has 0 fully saturated rings. The smallest absolute Gasteiger partial charge is 0.265 e. The largest absolute Gasteiger partial charge is 0.338 e. The zero-order valence-corrected chi connectivity index (χ0v) is 14.1. The standard InChI is InChI=1S/C19H15N5O3/c25-16-8-9-18(27)24(23-16)11-17(26)20-13-5-3-4-12(10-13)19-21-14-6-1-2-7-15(14)22-19/h1-10H,11H2,(H,20,26)(H,21,22)(H,23,25). The molecule has 4 aromatic rings. The Kier molecular flexibility index (Phi) is 4.13. The second kappa shape index (κ2) is 6.75. The number of imidazole rings is 1. The van der Waals surface area contributed by atoms with Gasteiger partial charge in [-0.15, -0.1) is 0 Å². The average molecular weight is 361 g/mol. The third-order valence-corrected chi connectivity index (χ3v) is 4.00. The number of amides is 1. The summed E-state index contributed by atoms with van der Waals surface area (Å²) in [5, 5.41) is 5.04. The molecule has 0 saturated heterocycles. The average Bonchev–Trinajstić information content (AvgIpc) is 3.09. The zero-order valence-electron chi connectivity index (χ0n) is 14.1. The second-order valence-corrected chi connectivity index (χ2v) is 5.97. The van der Waals surface area contributed by atoms with E-state index in [9.17, 15) is 14.4 Å². The van der Waals surface area contributed by atoms with Gasteiger partial charge >= 0.3 is 0 Å². The van der Waals surface area contributed by atoms with Gasteiger partial charge in [0, 0.05) is 23.4 Å². The zero-order chi connectivity index (χ0) is 18.8. The first-order valence-corrected chi connectivity index (χ1v) is 8.24. The molecule has 4 rings (SSSR count). The van der Waals surface area contributed by atoms with Gasteiger partial charge in [-0.05, 0) is 24.3 Å². The molecule has 1 amide bonds. The number of nitrogens with one attached hydrogen (secondary N) is 3. The van der Waals surface area contributed by atoms with Crippen LogP contribution in [-0.2, 0) is 11.3 Å². The predicted molar refractivity (Wildman–Crippen MR) is 101 cm³/mol. The monoisotopic (exact) mass is 361 g/mol. The van der Waals surface area contributed by atoms with Crippen LogP contribution in [0, 0.1) is 0 Å². The highest BCUT2D eigenvalue weighted by Crippen LogP contribution is 2.23. The minimum atomic E-state index is -0.458. The summed E-state index contributed by atoms with van der Waals surface area (Å²) < 4.78 is 0.959. The quantitative estimate of drug-likeness (QED) is 0.514. The number of anilines is 1. The van der Waals surface area contributed by atoms with Gasteiger partial charge in [-0.25, -0.2) is 9.67 Å². The molecule has 0 unspecified atom stereocenters. The predicted octanol–water partition coefficient (Wildman–Crippen LogP) is 1.72. The number of fused-ring (bicyclic) bond motifs is 1. The normalized spacial score (nSPS) is 10.8. The second-order valence-electron chi connectivity index (χ2n) is 5.97. The summed E-state index contributed by atoms with van der Waals surface area (Å²) >= 11 is 0. The van der Waals surface area contributed by atoms with Gasteiger partial charge in [0.25, 0.3) is 11.1 Å². The Hall–Kier alpha value is -3.94. The molecule has 0 bridgehead atoms. The van der Waals surface area contributed by atoms with Gasteiger partial charge < -0.3 is 10.3 Å². The van der Waals surface area contributed by atoms with Crippen LogP contribution in [0.5, 0.6) is 0 Å². The first-order chi connectivity index (χ1) is 13.1. The lowest BCUT2D eigenvalue weighted by atomic mass is 10.2. The number of benzene rings is 2. The van der Waals surface area contributed by atoms with E-state index < -0.39 is 17.0 Å².